The molecule has 84 valence electrons. The average Bonchev–Trinajstić information content (AvgIpc) is 2.26. The Bertz CT molecular complexity index is 279. The SMILES string of the molecule is CC(CO)CCCNc1ncc(F)cn1. The van der Waals surface area contributed by atoms with Crippen molar-refractivity contribution < 1.29 is 9.50 Å². The van der Waals surface area contributed by atoms with Gasteiger partial charge in [-0.3, -0.25) is 0 Å². The summed E-state index contributed by atoms with van der Waals surface area (Å²) in [6.07, 6.45) is 4.14. The first-order valence-corrected chi connectivity index (χ1v) is 5.04. The molecule has 15 heavy (non-hydrogen) atoms. The minimum atomic E-state index is -0.436. The number of aromatic nitrogens is 2. The lowest BCUT2D eigenvalue weighted by Gasteiger charge is -2.07. The Kier molecular flexibility index (Phi) is 4.97. The van der Waals surface area contributed by atoms with Crippen molar-refractivity contribution in [1.29, 1.82) is 0 Å². The number of halogens is 1. The number of anilines is 1. The van der Waals surface area contributed by atoms with Crippen LogP contribution < -0.4 is 5.32 Å². The van der Waals surface area contributed by atoms with Gasteiger partial charge in [0, 0.05) is 13.2 Å². The van der Waals surface area contributed by atoms with Gasteiger partial charge in [-0.05, 0) is 18.8 Å². The minimum absolute atomic E-state index is 0.215. The third-order valence-corrected chi connectivity index (χ3v) is 2.09. The van der Waals surface area contributed by atoms with Crippen LogP contribution in [0.2, 0.25) is 0 Å². The van der Waals surface area contributed by atoms with E-state index in [9.17, 15) is 4.39 Å². The Morgan fingerprint density at radius 1 is 1.47 bits per heavy atom. The lowest BCUT2D eigenvalue weighted by atomic mass is 10.1. The molecule has 1 aromatic heterocycles. The Labute approximate surface area is 88.6 Å². The molecule has 0 aliphatic heterocycles. The Morgan fingerprint density at radius 2 is 2.13 bits per heavy atom. The zero-order valence-corrected chi connectivity index (χ0v) is 8.78. The summed E-state index contributed by atoms with van der Waals surface area (Å²) in [6.45, 7) is 2.94. The summed E-state index contributed by atoms with van der Waals surface area (Å²) in [5.41, 5.74) is 0. The molecule has 1 unspecified atom stereocenters. The quantitative estimate of drug-likeness (QED) is 0.702. The van der Waals surface area contributed by atoms with Crippen molar-refractivity contribution in [3.8, 4) is 0 Å². The highest BCUT2D eigenvalue weighted by atomic mass is 19.1. The summed E-state index contributed by atoms with van der Waals surface area (Å²) in [5, 5.41) is 11.8. The molecule has 0 aliphatic carbocycles. The summed E-state index contributed by atoms with van der Waals surface area (Å²) < 4.78 is 12.4. The van der Waals surface area contributed by atoms with E-state index in [1.54, 1.807) is 0 Å². The molecule has 0 spiro atoms. The summed E-state index contributed by atoms with van der Waals surface area (Å²) in [7, 11) is 0. The van der Waals surface area contributed by atoms with Crippen molar-refractivity contribution in [3.05, 3.63) is 18.2 Å². The van der Waals surface area contributed by atoms with E-state index in [4.69, 9.17) is 5.11 Å². The van der Waals surface area contributed by atoms with E-state index in [-0.39, 0.29) is 6.61 Å². The molecule has 1 aromatic rings. The standard InChI is InChI=1S/C10H16FN3O/c1-8(7-15)3-2-4-12-10-13-5-9(11)6-14-10/h5-6,8,15H,2-4,7H2,1H3,(H,12,13,14). The number of hydrogen-bond acceptors (Lipinski definition) is 4. The molecule has 0 saturated heterocycles. The highest BCUT2D eigenvalue weighted by Crippen LogP contribution is 2.04. The second-order valence-electron chi connectivity index (χ2n) is 3.58. The lowest BCUT2D eigenvalue weighted by Crippen LogP contribution is -2.08. The molecule has 0 radical (unpaired) electrons. The largest absolute Gasteiger partial charge is 0.396 e. The molecule has 2 N–H and O–H groups in total. The summed E-state index contributed by atoms with van der Waals surface area (Å²) >= 11 is 0. The van der Waals surface area contributed by atoms with Gasteiger partial charge in [-0.15, -0.1) is 0 Å². The van der Waals surface area contributed by atoms with Gasteiger partial charge < -0.3 is 10.4 Å². The first-order chi connectivity index (χ1) is 7.22. The van der Waals surface area contributed by atoms with E-state index in [1.165, 1.54) is 0 Å². The van der Waals surface area contributed by atoms with E-state index >= 15 is 0 Å². The molecule has 1 atom stereocenters. The fraction of sp³-hybridized carbons (Fsp3) is 0.600. The highest BCUT2D eigenvalue weighted by molar-refractivity contribution is 5.21. The van der Waals surface area contributed by atoms with Crippen LogP contribution in [0.1, 0.15) is 19.8 Å². The van der Waals surface area contributed by atoms with Gasteiger partial charge in [0.1, 0.15) is 0 Å². The van der Waals surface area contributed by atoms with E-state index in [1.807, 2.05) is 6.92 Å². The number of rotatable bonds is 6. The zero-order chi connectivity index (χ0) is 11.1. The van der Waals surface area contributed by atoms with Crippen molar-refractivity contribution in [2.24, 2.45) is 5.92 Å². The molecule has 4 nitrogen and oxygen atoms in total. The third kappa shape index (κ3) is 4.69. The Morgan fingerprint density at radius 3 is 2.73 bits per heavy atom. The van der Waals surface area contributed by atoms with Gasteiger partial charge in [0.15, 0.2) is 5.82 Å². The van der Waals surface area contributed by atoms with E-state index in [0.717, 1.165) is 31.8 Å². The minimum Gasteiger partial charge on any atom is -0.396 e. The summed E-state index contributed by atoms with van der Waals surface area (Å²) in [5.74, 6) is 0.323. The van der Waals surface area contributed by atoms with Crippen LogP contribution in [-0.4, -0.2) is 28.2 Å². The van der Waals surface area contributed by atoms with Crippen molar-refractivity contribution in [3.63, 3.8) is 0 Å². The van der Waals surface area contributed by atoms with Gasteiger partial charge in [-0.25, -0.2) is 14.4 Å². The monoisotopic (exact) mass is 213 g/mol. The zero-order valence-electron chi connectivity index (χ0n) is 8.78. The highest BCUT2D eigenvalue weighted by Gasteiger charge is 2.00. The van der Waals surface area contributed by atoms with Gasteiger partial charge in [-0.1, -0.05) is 6.92 Å². The van der Waals surface area contributed by atoms with Crippen LogP contribution in [0, 0.1) is 11.7 Å². The normalized spacial score (nSPS) is 12.5. The maximum absolute atomic E-state index is 12.4. The van der Waals surface area contributed by atoms with Crippen LogP contribution in [0.5, 0.6) is 0 Å². The number of aliphatic hydroxyl groups is 1. The van der Waals surface area contributed by atoms with Crippen molar-refractivity contribution in [2.75, 3.05) is 18.5 Å². The lowest BCUT2D eigenvalue weighted by molar-refractivity contribution is 0.229. The van der Waals surface area contributed by atoms with Crippen molar-refractivity contribution >= 4 is 5.95 Å². The van der Waals surface area contributed by atoms with Gasteiger partial charge in [0.05, 0.1) is 12.4 Å². The maximum atomic E-state index is 12.4. The molecule has 0 aliphatic rings. The predicted octanol–water partition coefficient (Wildman–Crippen LogP) is 1.44. The number of nitrogens with one attached hydrogen (secondary N) is 1. The van der Waals surface area contributed by atoms with Crippen LogP contribution in [0.4, 0.5) is 10.3 Å². The van der Waals surface area contributed by atoms with Gasteiger partial charge in [0.25, 0.3) is 0 Å². The smallest absolute Gasteiger partial charge is 0.222 e. The Hall–Kier alpha value is -1.23. The molecule has 0 bridgehead atoms. The molecule has 0 fully saturated rings. The van der Waals surface area contributed by atoms with Crippen molar-refractivity contribution in [2.45, 2.75) is 19.8 Å². The van der Waals surface area contributed by atoms with Gasteiger partial charge in [0.2, 0.25) is 5.95 Å². The van der Waals surface area contributed by atoms with E-state index < -0.39 is 5.82 Å². The molecule has 5 heteroatoms. The average molecular weight is 213 g/mol. The second-order valence-corrected chi connectivity index (χ2v) is 3.58. The van der Waals surface area contributed by atoms with E-state index in [0.29, 0.717) is 11.9 Å². The molecule has 1 heterocycles. The first kappa shape index (κ1) is 11.8. The Balaban J connectivity index is 2.17. The van der Waals surface area contributed by atoms with Gasteiger partial charge in [-0.2, -0.15) is 0 Å². The van der Waals surface area contributed by atoms with Crippen LogP contribution in [0.3, 0.4) is 0 Å². The second kappa shape index (κ2) is 6.29. The first-order valence-electron chi connectivity index (χ1n) is 5.04. The summed E-state index contributed by atoms with van der Waals surface area (Å²) in [6, 6.07) is 0. The molecular weight excluding hydrogens is 197 g/mol. The number of hydrogen-bond donors (Lipinski definition) is 2. The van der Waals surface area contributed by atoms with Crippen molar-refractivity contribution in [1.82, 2.24) is 9.97 Å². The van der Waals surface area contributed by atoms with Gasteiger partial charge >= 0.3 is 0 Å². The van der Waals surface area contributed by atoms with Crippen LogP contribution in [-0.2, 0) is 0 Å². The van der Waals surface area contributed by atoms with E-state index in [2.05, 4.69) is 15.3 Å². The number of nitrogens with zero attached hydrogens (tertiary/aromatic N) is 2. The fourth-order valence-electron chi connectivity index (χ4n) is 1.15. The fourth-order valence-corrected chi connectivity index (χ4v) is 1.15. The predicted molar refractivity (Wildman–Crippen MR) is 56.0 cm³/mol. The molecule has 1 rings (SSSR count). The summed E-state index contributed by atoms with van der Waals surface area (Å²) in [4.78, 5) is 7.54. The van der Waals surface area contributed by atoms with Crippen LogP contribution in [0.25, 0.3) is 0 Å². The maximum Gasteiger partial charge on any atom is 0.222 e. The topological polar surface area (TPSA) is 58.0 Å². The molecular formula is C10H16FN3O. The third-order valence-electron chi connectivity index (χ3n) is 2.09. The van der Waals surface area contributed by atoms with Crippen LogP contribution in [0.15, 0.2) is 12.4 Å². The van der Waals surface area contributed by atoms with Crippen LogP contribution >= 0.6 is 0 Å². The molecule has 0 saturated carbocycles. The number of aliphatic hydroxyl groups excluding tert-OH is 1. The molecule has 0 aromatic carbocycles. The molecule has 0 amide bonds.